The summed E-state index contributed by atoms with van der Waals surface area (Å²) in [6.07, 6.45) is 4.18. The number of rotatable bonds is 3. The molecule has 4 aliphatic rings. The van der Waals surface area contributed by atoms with E-state index >= 15 is 0 Å². The van der Waals surface area contributed by atoms with Gasteiger partial charge >= 0.3 is 12.4 Å². The summed E-state index contributed by atoms with van der Waals surface area (Å²) in [6, 6.07) is 0. The average molecular weight is 244 g/mol. The molecule has 0 N–H and O–H groups in total. The highest BCUT2D eigenvalue weighted by molar-refractivity contribution is 5.72. The third kappa shape index (κ3) is 2.06. The molecule has 96 valence electrons. The zero-order valence-corrected chi connectivity index (χ0v) is 9.83. The van der Waals surface area contributed by atoms with Crippen LogP contribution < -0.4 is 0 Å². The van der Waals surface area contributed by atoms with Crippen LogP contribution in [0.5, 0.6) is 0 Å². The van der Waals surface area contributed by atoms with E-state index in [1.165, 1.54) is 19.3 Å². The lowest BCUT2D eigenvalue weighted by molar-refractivity contribution is -0.167. The van der Waals surface area contributed by atoms with E-state index in [1.54, 1.807) is 0 Å². The molecule has 4 aliphatic carbocycles. The van der Waals surface area contributed by atoms with Crippen molar-refractivity contribution in [2.75, 3.05) is 6.61 Å². The van der Waals surface area contributed by atoms with Crippen LogP contribution in [-0.2, 0) is 9.53 Å². The van der Waals surface area contributed by atoms with E-state index < -0.39 is 12.4 Å². The SMILES string of the molecule is O=C(OCC12CC3CC(CC(C3)C1)C2)C(F)F. The summed E-state index contributed by atoms with van der Waals surface area (Å²) in [4.78, 5) is 10.9. The van der Waals surface area contributed by atoms with Gasteiger partial charge in [-0.15, -0.1) is 0 Å². The van der Waals surface area contributed by atoms with Crippen LogP contribution in [0, 0.1) is 23.2 Å². The second-order valence-electron chi connectivity index (χ2n) is 6.33. The van der Waals surface area contributed by atoms with E-state index in [4.69, 9.17) is 4.74 Å². The van der Waals surface area contributed by atoms with Gasteiger partial charge in [-0.1, -0.05) is 0 Å². The zero-order valence-electron chi connectivity index (χ0n) is 9.83. The number of ether oxygens (including phenoxy) is 1. The first-order valence-corrected chi connectivity index (χ1v) is 6.51. The fraction of sp³-hybridized carbons (Fsp3) is 0.923. The number of carbonyl (C=O) groups is 1. The van der Waals surface area contributed by atoms with E-state index in [1.807, 2.05) is 0 Å². The summed E-state index contributed by atoms with van der Waals surface area (Å²) in [5.74, 6) is 0.922. The third-order valence-corrected chi connectivity index (χ3v) is 4.86. The van der Waals surface area contributed by atoms with Crippen molar-refractivity contribution in [3.05, 3.63) is 0 Å². The highest BCUT2D eigenvalue weighted by Crippen LogP contribution is 2.60. The van der Waals surface area contributed by atoms with Crippen molar-refractivity contribution in [1.82, 2.24) is 0 Å². The maximum absolute atomic E-state index is 12.1. The molecular formula is C13H18F2O2. The van der Waals surface area contributed by atoms with Crippen LogP contribution in [0.3, 0.4) is 0 Å². The molecule has 4 rings (SSSR count). The number of esters is 1. The molecule has 0 aromatic carbocycles. The summed E-state index contributed by atoms with van der Waals surface area (Å²) in [5.41, 5.74) is 0.0410. The molecule has 4 heteroatoms. The molecule has 0 unspecified atom stereocenters. The monoisotopic (exact) mass is 244 g/mol. The maximum atomic E-state index is 12.1. The normalized spacial score (nSPS) is 43.1. The quantitative estimate of drug-likeness (QED) is 0.713. The lowest BCUT2D eigenvalue weighted by Crippen LogP contribution is -2.48. The van der Waals surface area contributed by atoms with E-state index in [9.17, 15) is 13.6 Å². The first-order valence-electron chi connectivity index (χ1n) is 6.51. The van der Waals surface area contributed by atoms with Gasteiger partial charge in [0.05, 0.1) is 6.61 Å². The molecule has 0 heterocycles. The molecule has 0 atom stereocenters. The zero-order chi connectivity index (χ0) is 12.0. The van der Waals surface area contributed by atoms with Gasteiger partial charge in [0.2, 0.25) is 0 Å². The number of alkyl halides is 2. The summed E-state index contributed by atoms with van der Waals surface area (Å²) >= 11 is 0. The van der Waals surface area contributed by atoms with Gasteiger partial charge in [-0.2, -0.15) is 8.78 Å². The Labute approximate surface area is 99.7 Å². The van der Waals surface area contributed by atoms with Crippen LogP contribution in [0.4, 0.5) is 8.78 Å². The first kappa shape index (κ1) is 11.4. The predicted molar refractivity (Wildman–Crippen MR) is 57.6 cm³/mol. The van der Waals surface area contributed by atoms with Gasteiger partial charge in [-0.05, 0) is 56.3 Å². The predicted octanol–water partition coefficient (Wildman–Crippen LogP) is 3.01. The standard InChI is InChI=1S/C13H18F2O2/c14-11(15)12(16)17-7-13-4-8-1-9(5-13)3-10(2-8)6-13/h8-11H,1-7H2. The summed E-state index contributed by atoms with van der Waals surface area (Å²) in [7, 11) is 0. The van der Waals surface area contributed by atoms with Gasteiger partial charge in [0.1, 0.15) is 0 Å². The van der Waals surface area contributed by atoms with Gasteiger partial charge in [0.25, 0.3) is 0 Å². The van der Waals surface area contributed by atoms with Gasteiger partial charge in [-0.3, -0.25) is 0 Å². The van der Waals surface area contributed by atoms with Crippen molar-refractivity contribution in [2.24, 2.45) is 23.2 Å². The van der Waals surface area contributed by atoms with Crippen LogP contribution in [0.2, 0.25) is 0 Å². The Morgan fingerprint density at radius 1 is 1.12 bits per heavy atom. The van der Waals surface area contributed by atoms with Gasteiger partial charge in [0, 0.05) is 5.41 Å². The highest BCUT2D eigenvalue weighted by atomic mass is 19.3. The van der Waals surface area contributed by atoms with Crippen LogP contribution in [-0.4, -0.2) is 19.0 Å². The summed E-state index contributed by atoms with van der Waals surface area (Å²) < 4.78 is 29.0. The molecule has 0 amide bonds. The van der Waals surface area contributed by atoms with Crippen molar-refractivity contribution in [2.45, 2.75) is 45.0 Å². The van der Waals surface area contributed by atoms with Gasteiger partial charge in [-0.25, -0.2) is 4.79 Å². The average Bonchev–Trinajstić information content (AvgIpc) is 2.24. The van der Waals surface area contributed by atoms with E-state index in [-0.39, 0.29) is 12.0 Å². The van der Waals surface area contributed by atoms with E-state index in [2.05, 4.69) is 0 Å². The van der Waals surface area contributed by atoms with Crippen LogP contribution in [0.25, 0.3) is 0 Å². The largest absolute Gasteiger partial charge is 0.461 e. The Hall–Kier alpha value is -0.670. The topological polar surface area (TPSA) is 26.3 Å². The van der Waals surface area contributed by atoms with Crippen molar-refractivity contribution in [3.63, 3.8) is 0 Å². The Morgan fingerprint density at radius 3 is 2.00 bits per heavy atom. The molecule has 4 bridgehead atoms. The highest BCUT2D eigenvalue weighted by Gasteiger charge is 2.51. The molecule has 0 radical (unpaired) electrons. The fourth-order valence-corrected chi connectivity index (χ4v) is 4.75. The lowest BCUT2D eigenvalue weighted by Gasteiger charge is -2.56. The molecule has 0 saturated heterocycles. The number of halogens is 2. The Kier molecular flexibility index (Phi) is 2.64. The molecule has 17 heavy (non-hydrogen) atoms. The number of carbonyl (C=O) groups excluding carboxylic acids is 1. The summed E-state index contributed by atoms with van der Waals surface area (Å²) in [5, 5.41) is 0. The Bertz CT molecular complexity index is 292. The minimum absolute atomic E-state index is 0.0410. The molecule has 2 nitrogen and oxygen atoms in total. The minimum Gasteiger partial charge on any atom is -0.461 e. The second-order valence-corrected chi connectivity index (χ2v) is 6.33. The number of hydrogen-bond donors (Lipinski definition) is 0. The fourth-order valence-electron chi connectivity index (χ4n) is 4.75. The molecule has 4 fully saturated rings. The first-order chi connectivity index (χ1) is 8.06. The minimum atomic E-state index is -2.98. The molecule has 0 aromatic heterocycles. The van der Waals surface area contributed by atoms with E-state index in [0.29, 0.717) is 0 Å². The van der Waals surface area contributed by atoms with Gasteiger partial charge < -0.3 is 4.74 Å². The van der Waals surface area contributed by atoms with Crippen molar-refractivity contribution >= 4 is 5.97 Å². The smallest absolute Gasteiger partial charge is 0.373 e. The van der Waals surface area contributed by atoms with Crippen molar-refractivity contribution < 1.29 is 18.3 Å². The molecule has 4 saturated carbocycles. The van der Waals surface area contributed by atoms with Crippen LogP contribution >= 0.6 is 0 Å². The molecule has 0 aliphatic heterocycles. The van der Waals surface area contributed by atoms with E-state index in [0.717, 1.165) is 37.0 Å². The van der Waals surface area contributed by atoms with Crippen LogP contribution in [0.15, 0.2) is 0 Å². The maximum Gasteiger partial charge on any atom is 0.373 e. The lowest BCUT2D eigenvalue weighted by atomic mass is 9.50. The molecular weight excluding hydrogens is 226 g/mol. The van der Waals surface area contributed by atoms with Crippen molar-refractivity contribution in [3.8, 4) is 0 Å². The second kappa shape index (κ2) is 3.92. The molecule has 0 spiro atoms. The number of hydrogen-bond acceptors (Lipinski definition) is 2. The van der Waals surface area contributed by atoms with Crippen LogP contribution in [0.1, 0.15) is 38.5 Å². The van der Waals surface area contributed by atoms with Gasteiger partial charge in [0.15, 0.2) is 0 Å². The Balaban J connectivity index is 1.64. The summed E-state index contributed by atoms with van der Waals surface area (Å²) in [6.45, 7) is 0.222. The Morgan fingerprint density at radius 2 is 1.59 bits per heavy atom. The third-order valence-electron chi connectivity index (χ3n) is 4.86. The van der Waals surface area contributed by atoms with Crippen molar-refractivity contribution in [1.29, 1.82) is 0 Å². The molecule has 0 aromatic rings.